The molecular weight excluding hydrogens is 310 g/mol. The maximum absolute atomic E-state index is 5.64. The maximum atomic E-state index is 5.64. The molecule has 130 valence electrons. The number of aliphatic imine (C=N–C) groups is 1. The highest BCUT2D eigenvalue weighted by Gasteiger charge is 2.03. The van der Waals surface area contributed by atoms with Gasteiger partial charge in [-0.25, -0.2) is 0 Å². The lowest BCUT2D eigenvalue weighted by Gasteiger charge is -2.12. The van der Waals surface area contributed by atoms with Gasteiger partial charge < -0.3 is 24.6 Å². The minimum atomic E-state index is 0.524. The van der Waals surface area contributed by atoms with Crippen molar-refractivity contribution < 1.29 is 14.0 Å². The van der Waals surface area contributed by atoms with E-state index in [2.05, 4.69) is 25.8 Å². The lowest BCUT2D eigenvalue weighted by molar-refractivity contribution is 0.321. The zero-order chi connectivity index (χ0) is 17.2. The zero-order valence-electron chi connectivity index (χ0n) is 14.2. The lowest BCUT2D eigenvalue weighted by atomic mass is 10.3. The van der Waals surface area contributed by atoms with Crippen LogP contribution in [0.25, 0.3) is 0 Å². The molecule has 0 aliphatic heterocycles. The number of rotatable bonds is 8. The third-order valence-electron chi connectivity index (χ3n) is 3.15. The Hall–Kier alpha value is -2.77. The SMILES string of the molecule is CN=C(NCCOc1ccc(OC)cc1)NCCc1nc(C)no1. The monoisotopic (exact) mass is 333 g/mol. The molecule has 0 bridgehead atoms. The van der Waals surface area contributed by atoms with Crippen molar-refractivity contribution in [3.05, 3.63) is 36.0 Å². The molecule has 2 rings (SSSR count). The second kappa shape index (κ2) is 9.39. The summed E-state index contributed by atoms with van der Waals surface area (Å²) >= 11 is 0. The standard InChI is InChI=1S/C16H23N5O3/c1-12-20-15(24-21-12)8-9-18-16(17-2)19-10-11-23-14-6-4-13(22-3)5-7-14/h4-7H,8-11H2,1-3H3,(H2,17,18,19). The first kappa shape index (κ1) is 17.6. The average Bonchev–Trinajstić information content (AvgIpc) is 3.02. The first-order valence-electron chi connectivity index (χ1n) is 7.72. The topological polar surface area (TPSA) is 93.8 Å². The van der Waals surface area contributed by atoms with Crippen LogP contribution in [0, 0.1) is 6.92 Å². The van der Waals surface area contributed by atoms with Crippen LogP contribution in [-0.2, 0) is 6.42 Å². The molecule has 0 aliphatic carbocycles. The normalized spacial score (nSPS) is 11.2. The second-order valence-corrected chi connectivity index (χ2v) is 4.94. The van der Waals surface area contributed by atoms with E-state index in [0.29, 0.717) is 43.8 Å². The van der Waals surface area contributed by atoms with Crippen LogP contribution in [0.15, 0.2) is 33.8 Å². The number of benzene rings is 1. The van der Waals surface area contributed by atoms with Crippen molar-refractivity contribution in [1.29, 1.82) is 0 Å². The highest BCUT2D eigenvalue weighted by molar-refractivity contribution is 5.79. The van der Waals surface area contributed by atoms with Gasteiger partial charge >= 0.3 is 0 Å². The smallest absolute Gasteiger partial charge is 0.228 e. The van der Waals surface area contributed by atoms with Gasteiger partial charge in [0.15, 0.2) is 11.8 Å². The van der Waals surface area contributed by atoms with E-state index in [1.54, 1.807) is 21.1 Å². The molecule has 0 radical (unpaired) electrons. The van der Waals surface area contributed by atoms with E-state index < -0.39 is 0 Å². The van der Waals surface area contributed by atoms with Gasteiger partial charge in [0, 0.05) is 20.0 Å². The Bertz CT molecular complexity index is 639. The van der Waals surface area contributed by atoms with Crippen molar-refractivity contribution in [2.45, 2.75) is 13.3 Å². The van der Waals surface area contributed by atoms with E-state index in [0.717, 1.165) is 11.5 Å². The number of guanidine groups is 1. The number of nitrogens with one attached hydrogen (secondary N) is 2. The summed E-state index contributed by atoms with van der Waals surface area (Å²) in [4.78, 5) is 8.30. The van der Waals surface area contributed by atoms with Gasteiger partial charge in [0.2, 0.25) is 5.89 Å². The van der Waals surface area contributed by atoms with Gasteiger partial charge in [-0.05, 0) is 31.2 Å². The molecule has 0 aliphatic rings. The number of aromatic nitrogens is 2. The van der Waals surface area contributed by atoms with E-state index >= 15 is 0 Å². The molecule has 2 N–H and O–H groups in total. The van der Waals surface area contributed by atoms with Crippen LogP contribution < -0.4 is 20.1 Å². The van der Waals surface area contributed by atoms with E-state index in [-0.39, 0.29) is 0 Å². The Morgan fingerprint density at radius 2 is 1.88 bits per heavy atom. The van der Waals surface area contributed by atoms with Gasteiger partial charge in [0.25, 0.3) is 0 Å². The van der Waals surface area contributed by atoms with Crippen molar-refractivity contribution in [1.82, 2.24) is 20.8 Å². The Labute approximate surface area is 141 Å². The van der Waals surface area contributed by atoms with Crippen LogP contribution in [0.3, 0.4) is 0 Å². The molecule has 0 saturated carbocycles. The predicted molar refractivity (Wildman–Crippen MR) is 90.6 cm³/mol. The Kier molecular flexibility index (Phi) is 6.88. The number of aryl methyl sites for hydroxylation is 1. The summed E-state index contributed by atoms with van der Waals surface area (Å²) in [7, 11) is 3.36. The molecule has 0 saturated heterocycles. The third-order valence-corrected chi connectivity index (χ3v) is 3.15. The Balaban J connectivity index is 1.62. The fraction of sp³-hybridized carbons (Fsp3) is 0.438. The van der Waals surface area contributed by atoms with Crippen molar-refractivity contribution in [2.24, 2.45) is 4.99 Å². The molecule has 2 aromatic rings. The molecule has 0 fully saturated rings. The number of methoxy groups -OCH3 is 1. The molecule has 0 amide bonds. The molecule has 1 heterocycles. The van der Waals surface area contributed by atoms with Gasteiger partial charge in [-0.1, -0.05) is 5.16 Å². The fourth-order valence-corrected chi connectivity index (χ4v) is 1.96. The molecule has 0 spiro atoms. The van der Waals surface area contributed by atoms with Gasteiger partial charge in [-0.3, -0.25) is 4.99 Å². The number of nitrogens with zero attached hydrogens (tertiary/aromatic N) is 3. The molecule has 1 aromatic heterocycles. The summed E-state index contributed by atoms with van der Waals surface area (Å²) in [5.41, 5.74) is 0. The summed E-state index contributed by atoms with van der Waals surface area (Å²) in [5.74, 6) is 3.56. The summed E-state index contributed by atoms with van der Waals surface area (Å²) in [5, 5.41) is 10.1. The van der Waals surface area contributed by atoms with Crippen molar-refractivity contribution >= 4 is 5.96 Å². The van der Waals surface area contributed by atoms with Gasteiger partial charge in [-0.15, -0.1) is 0 Å². The number of ether oxygens (including phenoxy) is 2. The van der Waals surface area contributed by atoms with Crippen LogP contribution in [0.4, 0.5) is 0 Å². The maximum Gasteiger partial charge on any atom is 0.228 e. The Morgan fingerprint density at radius 1 is 1.17 bits per heavy atom. The van der Waals surface area contributed by atoms with Crippen molar-refractivity contribution in [3.8, 4) is 11.5 Å². The van der Waals surface area contributed by atoms with Crippen LogP contribution in [0.2, 0.25) is 0 Å². The largest absolute Gasteiger partial charge is 0.497 e. The molecule has 8 heteroatoms. The first-order valence-corrected chi connectivity index (χ1v) is 7.72. The van der Waals surface area contributed by atoms with E-state index in [1.807, 2.05) is 24.3 Å². The minimum absolute atomic E-state index is 0.524. The van der Waals surface area contributed by atoms with Gasteiger partial charge in [-0.2, -0.15) is 4.98 Å². The fourth-order valence-electron chi connectivity index (χ4n) is 1.96. The summed E-state index contributed by atoms with van der Waals surface area (Å²) < 4.78 is 15.8. The highest BCUT2D eigenvalue weighted by Crippen LogP contribution is 2.16. The molecule has 0 atom stereocenters. The molecule has 0 unspecified atom stereocenters. The molecule has 8 nitrogen and oxygen atoms in total. The number of hydrogen-bond acceptors (Lipinski definition) is 6. The number of hydrogen-bond donors (Lipinski definition) is 2. The van der Waals surface area contributed by atoms with Gasteiger partial charge in [0.05, 0.1) is 13.7 Å². The first-order chi connectivity index (χ1) is 11.7. The summed E-state index contributed by atoms with van der Waals surface area (Å²) in [6, 6.07) is 7.47. The van der Waals surface area contributed by atoms with E-state index in [4.69, 9.17) is 14.0 Å². The molecular formula is C16H23N5O3. The molecule has 1 aromatic carbocycles. The average molecular weight is 333 g/mol. The molecule has 24 heavy (non-hydrogen) atoms. The second-order valence-electron chi connectivity index (χ2n) is 4.94. The van der Waals surface area contributed by atoms with Crippen LogP contribution in [-0.4, -0.2) is 50.0 Å². The minimum Gasteiger partial charge on any atom is -0.497 e. The van der Waals surface area contributed by atoms with E-state index in [1.165, 1.54) is 0 Å². The van der Waals surface area contributed by atoms with Crippen molar-refractivity contribution in [2.75, 3.05) is 33.9 Å². The third kappa shape index (κ3) is 5.79. The van der Waals surface area contributed by atoms with Gasteiger partial charge in [0.1, 0.15) is 18.1 Å². The quantitative estimate of drug-likeness (QED) is 0.425. The zero-order valence-corrected chi connectivity index (χ0v) is 14.2. The summed E-state index contributed by atoms with van der Waals surface area (Å²) in [6.07, 6.45) is 0.643. The highest BCUT2D eigenvalue weighted by atomic mass is 16.5. The van der Waals surface area contributed by atoms with Crippen LogP contribution >= 0.6 is 0 Å². The van der Waals surface area contributed by atoms with Crippen LogP contribution in [0.1, 0.15) is 11.7 Å². The van der Waals surface area contributed by atoms with Crippen molar-refractivity contribution in [3.63, 3.8) is 0 Å². The van der Waals surface area contributed by atoms with Crippen LogP contribution in [0.5, 0.6) is 11.5 Å². The van der Waals surface area contributed by atoms with E-state index in [9.17, 15) is 0 Å². The summed E-state index contributed by atoms with van der Waals surface area (Å²) in [6.45, 7) is 3.60. The predicted octanol–water partition coefficient (Wildman–Crippen LogP) is 1.17. The Morgan fingerprint density at radius 3 is 2.50 bits per heavy atom. The lowest BCUT2D eigenvalue weighted by Crippen LogP contribution is -2.40.